The number of carbonyl (C=O) groups is 2. The molecule has 7 nitrogen and oxygen atoms in total. The molecule has 36 heavy (non-hydrogen) atoms. The molecule has 0 aliphatic carbocycles. The van der Waals surface area contributed by atoms with Crippen molar-refractivity contribution in [1.29, 1.82) is 0 Å². The van der Waals surface area contributed by atoms with Crippen molar-refractivity contribution in [3.05, 3.63) is 90.1 Å². The van der Waals surface area contributed by atoms with Crippen LogP contribution in [0.4, 0.5) is 20.4 Å². The van der Waals surface area contributed by atoms with Crippen LogP contribution >= 0.6 is 0 Å². The quantitative estimate of drug-likeness (QED) is 0.357. The van der Waals surface area contributed by atoms with Gasteiger partial charge in [0.1, 0.15) is 6.04 Å². The number of aromatic nitrogens is 3. The highest BCUT2D eigenvalue weighted by Crippen LogP contribution is 2.37. The van der Waals surface area contributed by atoms with Gasteiger partial charge in [0.05, 0.1) is 17.5 Å². The molecule has 0 saturated heterocycles. The minimum Gasteiger partial charge on any atom is -0.361 e. The lowest BCUT2D eigenvalue weighted by atomic mass is 10.1. The average molecular weight is 485 g/mol. The van der Waals surface area contributed by atoms with Crippen LogP contribution in [0.25, 0.3) is 21.9 Å². The second-order valence-electron chi connectivity index (χ2n) is 8.77. The Morgan fingerprint density at radius 1 is 1.03 bits per heavy atom. The smallest absolute Gasteiger partial charge is 0.253 e. The van der Waals surface area contributed by atoms with E-state index in [0.717, 1.165) is 39.6 Å². The first-order chi connectivity index (χ1) is 17.5. The van der Waals surface area contributed by atoms with Crippen LogP contribution in [0.5, 0.6) is 0 Å². The molecule has 0 bridgehead atoms. The first-order valence-corrected chi connectivity index (χ1v) is 11.6. The van der Waals surface area contributed by atoms with E-state index in [9.17, 15) is 18.4 Å². The van der Waals surface area contributed by atoms with Crippen molar-refractivity contribution in [1.82, 2.24) is 14.5 Å². The highest BCUT2D eigenvalue weighted by Gasteiger charge is 2.40. The highest BCUT2D eigenvalue weighted by molar-refractivity contribution is 6.05. The fourth-order valence-corrected chi connectivity index (χ4v) is 4.84. The fraction of sp³-hybridized carbons (Fsp3) is 0.148. The molecule has 1 unspecified atom stereocenters. The van der Waals surface area contributed by atoms with Gasteiger partial charge in [-0.15, -0.1) is 0 Å². The van der Waals surface area contributed by atoms with Crippen LogP contribution in [0.1, 0.15) is 18.0 Å². The number of benzene rings is 3. The van der Waals surface area contributed by atoms with Crippen molar-refractivity contribution < 1.29 is 18.4 Å². The van der Waals surface area contributed by atoms with Crippen LogP contribution < -0.4 is 10.2 Å². The van der Waals surface area contributed by atoms with Gasteiger partial charge in [0.2, 0.25) is 11.9 Å². The van der Waals surface area contributed by atoms with Crippen LogP contribution in [0.2, 0.25) is 0 Å². The standard InChI is InChI=1S/C27H21F2N5O2/c28-19-10-9-17(13-20(19)29)31-25(35)14-24-26(36)33(27-32-22-7-3-4-8-23(22)34(24)27)12-11-16-15-30-21-6-2-1-5-18(16)21/h1-10,13,15,24,30H,11-12,14H2,(H,31,35). The van der Waals surface area contributed by atoms with Gasteiger partial charge in [-0.2, -0.15) is 0 Å². The number of halogens is 2. The van der Waals surface area contributed by atoms with Crippen molar-refractivity contribution >= 4 is 45.4 Å². The Morgan fingerprint density at radius 2 is 1.83 bits per heavy atom. The maximum Gasteiger partial charge on any atom is 0.253 e. The van der Waals surface area contributed by atoms with Crippen LogP contribution in [0.15, 0.2) is 72.9 Å². The number of aromatic amines is 1. The van der Waals surface area contributed by atoms with Gasteiger partial charge >= 0.3 is 0 Å². The van der Waals surface area contributed by atoms with Gasteiger partial charge in [0.15, 0.2) is 11.6 Å². The van der Waals surface area contributed by atoms with Crippen molar-refractivity contribution in [2.75, 3.05) is 16.8 Å². The van der Waals surface area contributed by atoms with Crippen LogP contribution in [0.3, 0.4) is 0 Å². The van der Waals surface area contributed by atoms with Gasteiger partial charge in [-0.25, -0.2) is 13.8 Å². The summed E-state index contributed by atoms with van der Waals surface area (Å²) < 4.78 is 28.6. The van der Waals surface area contributed by atoms with Gasteiger partial charge in [0, 0.05) is 35.4 Å². The number of hydrogen-bond acceptors (Lipinski definition) is 3. The number of anilines is 2. The number of carbonyl (C=O) groups excluding carboxylic acids is 2. The van der Waals surface area contributed by atoms with Gasteiger partial charge in [-0.1, -0.05) is 30.3 Å². The van der Waals surface area contributed by atoms with Crippen LogP contribution in [-0.4, -0.2) is 32.9 Å². The molecule has 9 heteroatoms. The summed E-state index contributed by atoms with van der Waals surface area (Å²) >= 11 is 0. The highest BCUT2D eigenvalue weighted by atomic mass is 19.2. The summed E-state index contributed by atoms with van der Waals surface area (Å²) in [5.74, 6) is -2.29. The van der Waals surface area contributed by atoms with Gasteiger partial charge in [-0.05, 0) is 42.3 Å². The molecule has 3 aromatic carbocycles. The van der Waals surface area contributed by atoms with Crippen LogP contribution in [0, 0.1) is 11.6 Å². The van der Waals surface area contributed by atoms with Crippen molar-refractivity contribution in [2.45, 2.75) is 18.9 Å². The van der Waals surface area contributed by atoms with Gasteiger partial charge in [-0.3, -0.25) is 19.1 Å². The van der Waals surface area contributed by atoms with E-state index in [-0.39, 0.29) is 18.0 Å². The van der Waals surface area contributed by atoms with E-state index in [4.69, 9.17) is 0 Å². The van der Waals surface area contributed by atoms with E-state index < -0.39 is 23.6 Å². The molecule has 2 aromatic heterocycles. The zero-order chi connectivity index (χ0) is 24.8. The summed E-state index contributed by atoms with van der Waals surface area (Å²) in [7, 11) is 0. The van der Waals surface area contributed by atoms with E-state index in [1.165, 1.54) is 6.07 Å². The zero-order valence-electron chi connectivity index (χ0n) is 19.0. The Bertz CT molecular complexity index is 1640. The Kier molecular flexibility index (Phi) is 5.25. The van der Waals surface area contributed by atoms with Gasteiger partial charge in [0.25, 0.3) is 5.91 Å². The third-order valence-electron chi connectivity index (χ3n) is 6.54. The molecule has 0 saturated carbocycles. The maximum atomic E-state index is 13.6. The number of amides is 2. The van der Waals surface area contributed by atoms with E-state index in [0.29, 0.717) is 18.9 Å². The van der Waals surface area contributed by atoms with Crippen LogP contribution in [-0.2, 0) is 16.0 Å². The molecule has 5 aromatic rings. The second kappa shape index (κ2) is 8.60. The third-order valence-corrected chi connectivity index (χ3v) is 6.54. The lowest BCUT2D eigenvalue weighted by Crippen LogP contribution is -2.33. The number of nitrogens with one attached hydrogen (secondary N) is 2. The molecule has 0 spiro atoms. The molecular formula is C27H21F2N5O2. The summed E-state index contributed by atoms with van der Waals surface area (Å²) in [5, 5.41) is 3.66. The summed E-state index contributed by atoms with van der Waals surface area (Å²) in [5.41, 5.74) is 3.71. The monoisotopic (exact) mass is 485 g/mol. The summed E-state index contributed by atoms with van der Waals surface area (Å²) in [6, 6.07) is 17.8. The topological polar surface area (TPSA) is 83.0 Å². The summed E-state index contributed by atoms with van der Waals surface area (Å²) in [4.78, 5) is 35.9. The molecule has 1 aliphatic rings. The Morgan fingerprint density at radius 3 is 2.69 bits per heavy atom. The SMILES string of the molecule is O=C(CC1C(=O)N(CCc2c[nH]c3ccccc23)c2nc3ccccc3n21)Nc1ccc(F)c(F)c1. The Balaban J connectivity index is 1.28. The number of nitrogens with zero attached hydrogens (tertiary/aromatic N) is 3. The number of hydrogen-bond donors (Lipinski definition) is 2. The maximum absolute atomic E-state index is 13.6. The summed E-state index contributed by atoms with van der Waals surface area (Å²) in [6.07, 6.45) is 2.38. The molecule has 6 rings (SSSR count). The zero-order valence-corrected chi connectivity index (χ0v) is 19.0. The van der Waals surface area contributed by atoms with E-state index >= 15 is 0 Å². The lowest BCUT2D eigenvalue weighted by molar-refractivity contribution is -0.124. The van der Waals surface area contributed by atoms with Crippen molar-refractivity contribution in [3.8, 4) is 0 Å². The number of H-pyrrole nitrogens is 1. The Hall–Kier alpha value is -4.53. The van der Waals surface area contributed by atoms with E-state index in [2.05, 4.69) is 15.3 Å². The third kappa shape index (κ3) is 3.69. The van der Waals surface area contributed by atoms with Crippen molar-refractivity contribution in [2.24, 2.45) is 0 Å². The van der Waals surface area contributed by atoms with E-state index in [1.54, 1.807) is 9.47 Å². The predicted molar refractivity (Wildman–Crippen MR) is 133 cm³/mol. The first kappa shape index (κ1) is 22.0. The number of rotatable bonds is 6. The minimum absolute atomic E-state index is 0.122. The molecular weight excluding hydrogens is 464 g/mol. The van der Waals surface area contributed by atoms with E-state index in [1.807, 2.05) is 54.7 Å². The number of para-hydroxylation sites is 3. The molecule has 2 amide bonds. The molecule has 1 atom stereocenters. The number of imidazole rings is 1. The lowest BCUT2D eigenvalue weighted by Gasteiger charge is -2.16. The average Bonchev–Trinajstić information content (AvgIpc) is 3.53. The molecule has 0 radical (unpaired) electrons. The molecule has 2 N–H and O–H groups in total. The minimum atomic E-state index is -1.06. The Labute approximate surface area is 204 Å². The molecule has 3 heterocycles. The number of fused-ring (bicyclic) bond motifs is 4. The van der Waals surface area contributed by atoms with Crippen molar-refractivity contribution in [3.63, 3.8) is 0 Å². The largest absolute Gasteiger partial charge is 0.361 e. The first-order valence-electron chi connectivity index (χ1n) is 11.6. The molecule has 1 aliphatic heterocycles. The fourth-order valence-electron chi connectivity index (χ4n) is 4.84. The normalized spacial score (nSPS) is 15.1. The summed E-state index contributed by atoms with van der Waals surface area (Å²) in [6.45, 7) is 0.394. The molecule has 0 fully saturated rings. The van der Waals surface area contributed by atoms with Gasteiger partial charge < -0.3 is 10.3 Å². The predicted octanol–water partition coefficient (Wildman–Crippen LogP) is 4.96. The molecule has 180 valence electrons. The second-order valence-corrected chi connectivity index (χ2v) is 8.77.